The molecule has 0 atom stereocenters. The fraction of sp³-hybridized carbons (Fsp3) is 0.278. The van der Waals surface area contributed by atoms with Crippen molar-refractivity contribution in [2.75, 3.05) is 11.6 Å². The molecule has 0 saturated carbocycles. The van der Waals surface area contributed by atoms with Crippen LogP contribution in [0.2, 0.25) is 0 Å². The number of fused-ring (bicyclic) bond motifs is 3. The van der Waals surface area contributed by atoms with Gasteiger partial charge in [-0.3, -0.25) is 0 Å². The van der Waals surface area contributed by atoms with E-state index in [-0.39, 0.29) is 5.56 Å². The van der Waals surface area contributed by atoms with E-state index < -0.39 is 5.97 Å². The largest absolute Gasteiger partial charge is 0.478 e. The van der Waals surface area contributed by atoms with Crippen LogP contribution in [0.25, 0.3) is 10.2 Å². The first-order valence-electron chi connectivity index (χ1n) is 8.12. The fourth-order valence-corrected chi connectivity index (χ4v) is 4.87. The van der Waals surface area contributed by atoms with E-state index in [9.17, 15) is 9.90 Å². The Labute approximate surface area is 153 Å². The number of hydrogen-bond acceptors (Lipinski definition) is 6. The van der Waals surface area contributed by atoms with Gasteiger partial charge in [-0.2, -0.15) is 0 Å². The number of carbonyl (C=O) groups is 1. The molecule has 5 nitrogen and oxygen atoms in total. The number of thiophene rings is 1. The molecule has 0 unspecified atom stereocenters. The van der Waals surface area contributed by atoms with Gasteiger partial charge in [0.2, 0.25) is 0 Å². The summed E-state index contributed by atoms with van der Waals surface area (Å²) in [5.74, 6) is -0.162. The van der Waals surface area contributed by atoms with Crippen molar-refractivity contribution in [2.24, 2.45) is 0 Å². The maximum absolute atomic E-state index is 11.2. The zero-order valence-corrected chi connectivity index (χ0v) is 15.3. The Morgan fingerprint density at radius 3 is 2.92 bits per heavy atom. The van der Waals surface area contributed by atoms with Crippen molar-refractivity contribution in [1.82, 2.24) is 9.97 Å². The summed E-state index contributed by atoms with van der Waals surface area (Å²) in [6.07, 6.45) is 6.55. The van der Waals surface area contributed by atoms with Crippen molar-refractivity contribution >= 4 is 50.8 Å². The molecule has 2 heterocycles. The summed E-state index contributed by atoms with van der Waals surface area (Å²) in [4.78, 5) is 23.0. The molecule has 128 valence electrons. The van der Waals surface area contributed by atoms with Crippen LogP contribution in [-0.4, -0.2) is 27.3 Å². The third-order valence-electron chi connectivity index (χ3n) is 4.35. The first-order chi connectivity index (χ1) is 12.2. The lowest BCUT2D eigenvalue weighted by Gasteiger charge is -2.13. The van der Waals surface area contributed by atoms with E-state index >= 15 is 0 Å². The summed E-state index contributed by atoms with van der Waals surface area (Å²) in [5, 5.41) is 14.4. The molecule has 0 radical (unpaired) electrons. The number of thioether (sulfide) groups is 1. The van der Waals surface area contributed by atoms with Gasteiger partial charge in [-0.1, -0.05) is 17.8 Å². The van der Waals surface area contributed by atoms with Crippen molar-refractivity contribution < 1.29 is 9.90 Å². The minimum absolute atomic E-state index is 0.257. The maximum atomic E-state index is 11.2. The van der Waals surface area contributed by atoms with Gasteiger partial charge in [-0.15, -0.1) is 11.3 Å². The van der Waals surface area contributed by atoms with E-state index in [0.29, 0.717) is 0 Å². The van der Waals surface area contributed by atoms with Crippen LogP contribution >= 0.6 is 23.1 Å². The first kappa shape index (κ1) is 16.4. The van der Waals surface area contributed by atoms with Gasteiger partial charge in [0.15, 0.2) is 5.16 Å². The minimum atomic E-state index is -0.936. The van der Waals surface area contributed by atoms with Crippen LogP contribution in [0, 0.1) is 0 Å². The van der Waals surface area contributed by atoms with E-state index in [2.05, 4.69) is 15.3 Å². The number of carboxylic acids is 1. The van der Waals surface area contributed by atoms with Crippen LogP contribution in [0.1, 0.15) is 33.6 Å². The second kappa shape index (κ2) is 6.65. The average Bonchev–Trinajstić information content (AvgIpc) is 3.00. The molecular weight excluding hydrogens is 354 g/mol. The van der Waals surface area contributed by atoms with Crippen molar-refractivity contribution in [3.8, 4) is 0 Å². The predicted molar refractivity (Wildman–Crippen MR) is 103 cm³/mol. The number of anilines is 2. The molecule has 0 spiro atoms. The molecule has 0 aliphatic heterocycles. The lowest BCUT2D eigenvalue weighted by Crippen LogP contribution is -2.03. The third kappa shape index (κ3) is 3.09. The fourth-order valence-electron chi connectivity index (χ4n) is 3.19. The van der Waals surface area contributed by atoms with E-state index in [0.717, 1.165) is 39.7 Å². The summed E-state index contributed by atoms with van der Waals surface area (Å²) in [5.41, 5.74) is 2.34. The number of aryl methyl sites for hydroxylation is 2. The molecule has 1 aromatic carbocycles. The highest BCUT2D eigenvalue weighted by Crippen LogP contribution is 2.40. The van der Waals surface area contributed by atoms with Crippen LogP contribution < -0.4 is 5.32 Å². The van der Waals surface area contributed by atoms with Gasteiger partial charge in [0.1, 0.15) is 10.6 Å². The molecule has 2 aromatic heterocycles. The number of rotatable bonds is 4. The normalized spacial score (nSPS) is 13.6. The number of nitrogens with one attached hydrogen (secondary N) is 1. The number of aromatic carboxylic acids is 1. The van der Waals surface area contributed by atoms with Crippen LogP contribution in [0.15, 0.2) is 29.4 Å². The van der Waals surface area contributed by atoms with Crippen molar-refractivity contribution in [1.29, 1.82) is 0 Å². The number of aromatic nitrogens is 2. The predicted octanol–water partition coefficient (Wildman–Crippen LogP) is 4.73. The highest BCUT2D eigenvalue weighted by Gasteiger charge is 2.21. The van der Waals surface area contributed by atoms with Crippen molar-refractivity contribution in [2.45, 2.75) is 30.8 Å². The zero-order valence-electron chi connectivity index (χ0n) is 13.7. The summed E-state index contributed by atoms with van der Waals surface area (Å²) in [6.45, 7) is 0. The average molecular weight is 371 g/mol. The molecule has 1 aliphatic carbocycles. The Bertz CT molecular complexity index is 968. The molecule has 2 N–H and O–H groups in total. The van der Waals surface area contributed by atoms with E-state index in [1.54, 1.807) is 29.5 Å². The van der Waals surface area contributed by atoms with Gasteiger partial charge >= 0.3 is 5.97 Å². The van der Waals surface area contributed by atoms with Crippen LogP contribution in [0.4, 0.5) is 11.5 Å². The topological polar surface area (TPSA) is 75.1 Å². The lowest BCUT2D eigenvalue weighted by molar-refractivity contribution is 0.0697. The summed E-state index contributed by atoms with van der Waals surface area (Å²) >= 11 is 3.28. The monoisotopic (exact) mass is 371 g/mol. The summed E-state index contributed by atoms with van der Waals surface area (Å²) < 4.78 is 0. The molecule has 0 bridgehead atoms. The van der Waals surface area contributed by atoms with Crippen LogP contribution in [-0.2, 0) is 12.8 Å². The third-order valence-corrected chi connectivity index (χ3v) is 6.08. The number of carboxylic acid groups (broad SMARTS) is 1. The van der Waals surface area contributed by atoms with Crippen molar-refractivity contribution in [3.63, 3.8) is 0 Å². The molecule has 4 rings (SSSR count). The Kier molecular flexibility index (Phi) is 4.35. The molecule has 0 amide bonds. The van der Waals surface area contributed by atoms with Gasteiger partial charge in [-0.25, -0.2) is 14.8 Å². The van der Waals surface area contributed by atoms with Gasteiger partial charge in [-0.05, 0) is 55.7 Å². The lowest BCUT2D eigenvalue weighted by atomic mass is 9.97. The minimum Gasteiger partial charge on any atom is -0.478 e. The zero-order chi connectivity index (χ0) is 17.4. The molecule has 1 aliphatic rings. The number of nitrogens with zero attached hydrogens (tertiary/aromatic N) is 2. The van der Waals surface area contributed by atoms with Crippen molar-refractivity contribution in [3.05, 3.63) is 40.3 Å². The summed E-state index contributed by atoms with van der Waals surface area (Å²) in [6, 6.07) is 6.82. The Morgan fingerprint density at radius 1 is 1.28 bits per heavy atom. The van der Waals surface area contributed by atoms with Crippen LogP contribution in [0.3, 0.4) is 0 Å². The molecule has 0 saturated heterocycles. The number of hydrogen-bond donors (Lipinski definition) is 2. The Morgan fingerprint density at radius 2 is 2.12 bits per heavy atom. The Balaban J connectivity index is 1.84. The van der Waals surface area contributed by atoms with E-state index in [1.165, 1.54) is 35.0 Å². The SMILES string of the molecule is CSc1nc(Nc2cccc(C(=O)O)c2)c2c3c(sc2n1)CCCC3. The second-order valence-electron chi connectivity index (χ2n) is 5.96. The standard InChI is InChI=1S/C18H17N3O2S2/c1-24-18-20-15(19-11-6-4-5-10(9-11)17(22)23)14-12-7-2-3-8-13(12)25-16(14)21-18/h4-6,9H,2-3,7-8H2,1H3,(H,22,23)(H,19,20,21). The molecule has 25 heavy (non-hydrogen) atoms. The molecule has 0 fully saturated rings. The quantitative estimate of drug-likeness (QED) is 0.510. The van der Waals surface area contributed by atoms with Crippen LogP contribution in [0.5, 0.6) is 0 Å². The van der Waals surface area contributed by atoms with E-state index in [4.69, 9.17) is 0 Å². The molecule has 7 heteroatoms. The van der Waals surface area contributed by atoms with Gasteiger partial charge in [0.05, 0.1) is 10.9 Å². The maximum Gasteiger partial charge on any atom is 0.335 e. The number of benzene rings is 1. The van der Waals surface area contributed by atoms with Gasteiger partial charge in [0.25, 0.3) is 0 Å². The van der Waals surface area contributed by atoms with Gasteiger partial charge in [0, 0.05) is 10.6 Å². The smallest absolute Gasteiger partial charge is 0.335 e. The summed E-state index contributed by atoms with van der Waals surface area (Å²) in [7, 11) is 0. The Hall–Kier alpha value is -2.12. The highest BCUT2D eigenvalue weighted by atomic mass is 32.2. The van der Waals surface area contributed by atoms with Gasteiger partial charge < -0.3 is 10.4 Å². The molecular formula is C18H17N3O2S2. The first-order valence-corrected chi connectivity index (χ1v) is 10.2. The molecule has 3 aromatic rings. The highest BCUT2D eigenvalue weighted by molar-refractivity contribution is 7.98. The second-order valence-corrected chi connectivity index (χ2v) is 7.82. The van der Waals surface area contributed by atoms with E-state index in [1.807, 2.05) is 12.3 Å².